The van der Waals surface area contributed by atoms with Gasteiger partial charge in [0.1, 0.15) is 18.0 Å². The van der Waals surface area contributed by atoms with E-state index in [4.69, 9.17) is 14.6 Å². The monoisotopic (exact) mass is 409 g/mol. The molecule has 0 aliphatic carbocycles. The van der Waals surface area contributed by atoms with Crippen molar-refractivity contribution in [2.24, 2.45) is 7.05 Å². The van der Waals surface area contributed by atoms with E-state index in [0.717, 1.165) is 74.5 Å². The standard InChI is InChI=1S/C16H25N7OS.CH2O2/c1-22-11-18-19-14(22)10-25-16-21-20-15(12-4-6-17-7-5-12)23(16)9-13-3-2-8-24-13;2-1-3/h11-13,17H,2-10H2,1H3;1H,(H,2,3). The molecular formula is C17H27N7O3S. The van der Waals surface area contributed by atoms with Crippen LogP contribution in [0.2, 0.25) is 0 Å². The van der Waals surface area contributed by atoms with Gasteiger partial charge in [0.15, 0.2) is 5.16 Å². The molecule has 2 N–H and O–H groups in total. The summed E-state index contributed by atoms with van der Waals surface area (Å²) in [6.45, 7) is 3.59. The zero-order valence-corrected chi connectivity index (χ0v) is 16.8. The Labute approximate surface area is 168 Å². The van der Waals surface area contributed by atoms with Gasteiger partial charge >= 0.3 is 0 Å². The van der Waals surface area contributed by atoms with Gasteiger partial charge in [0, 0.05) is 19.6 Å². The third-order valence-corrected chi connectivity index (χ3v) is 5.96. The fourth-order valence-electron chi connectivity index (χ4n) is 3.52. The molecule has 2 aromatic heterocycles. The molecule has 2 saturated heterocycles. The number of aromatic nitrogens is 6. The van der Waals surface area contributed by atoms with Crippen molar-refractivity contribution in [2.75, 3.05) is 19.7 Å². The lowest BCUT2D eigenvalue weighted by Gasteiger charge is -2.23. The van der Waals surface area contributed by atoms with E-state index in [0.29, 0.717) is 5.92 Å². The summed E-state index contributed by atoms with van der Waals surface area (Å²) < 4.78 is 10.1. The highest BCUT2D eigenvalue weighted by Crippen LogP contribution is 2.30. The van der Waals surface area contributed by atoms with E-state index in [1.54, 1.807) is 18.1 Å². The summed E-state index contributed by atoms with van der Waals surface area (Å²) in [6, 6.07) is 0. The molecule has 0 bridgehead atoms. The van der Waals surface area contributed by atoms with Crippen LogP contribution in [0.3, 0.4) is 0 Å². The Morgan fingerprint density at radius 3 is 2.75 bits per heavy atom. The third kappa shape index (κ3) is 5.30. The summed E-state index contributed by atoms with van der Waals surface area (Å²) in [7, 11) is 1.97. The first kappa shape index (κ1) is 20.7. The number of nitrogens with zero attached hydrogens (tertiary/aromatic N) is 6. The van der Waals surface area contributed by atoms with E-state index in [-0.39, 0.29) is 12.6 Å². The normalized spacial score (nSPS) is 20.0. The number of aryl methyl sites for hydroxylation is 1. The number of carbonyl (C=O) groups is 1. The number of hydrogen-bond donors (Lipinski definition) is 2. The van der Waals surface area contributed by atoms with Crippen molar-refractivity contribution < 1.29 is 14.6 Å². The number of carboxylic acid groups (broad SMARTS) is 1. The van der Waals surface area contributed by atoms with Crippen LogP contribution < -0.4 is 5.32 Å². The van der Waals surface area contributed by atoms with Crippen LogP contribution in [-0.4, -0.2) is 66.9 Å². The van der Waals surface area contributed by atoms with E-state index in [2.05, 4.69) is 30.3 Å². The van der Waals surface area contributed by atoms with Crippen LogP contribution in [0.15, 0.2) is 11.5 Å². The van der Waals surface area contributed by atoms with Gasteiger partial charge in [-0.25, -0.2) is 0 Å². The van der Waals surface area contributed by atoms with E-state index >= 15 is 0 Å². The Balaban J connectivity index is 0.000000706. The van der Waals surface area contributed by atoms with Gasteiger partial charge in [0.25, 0.3) is 6.47 Å². The molecule has 0 aromatic carbocycles. The minimum atomic E-state index is -0.250. The summed E-state index contributed by atoms with van der Waals surface area (Å²) in [4.78, 5) is 8.36. The number of thioether (sulfide) groups is 1. The molecule has 0 radical (unpaired) electrons. The fourth-order valence-corrected chi connectivity index (χ4v) is 4.46. The Hall–Kier alpha value is -1.98. The predicted octanol–water partition coefficient (Wildman–Crippen LogP) is 1.05. The number of nitrogens with one attached hydrogen (secondary N) is 1. The van der Waals surface area contributed by atoms with Gasteiger partial charge in [0.2, 0.25) is 0 Å². The van der Waals surface area contributed by atoms with Crippen LogP contribution in [0, 0.1) is 0 Å². The maximum absolute atomic E-state index is 8.36. The van der Waals surface area contributed by atoms with Crippen LogP contribution in [0.25, 0.3) is 0 Å². The van der Waals surface area contributed by atoms with Gasteiger partial charge in [-0.15, -0.1) is 20.4 Å². The molecular weight excluding hydrogens is 382 g/mol. The first-order valence-electron chi connectivity index (χ1n) is 9.51. The minimum absolute atomic E-state index is 0.250. The molecule has 0 amide bonds. The molecule has 2 aliphatic rings. The minimum Gasteiger partial charge on any atom is -0.483 e. The predicted molar refractivity (Wildman–Crippen MR) is 103 cm³/mol. The van der Waals surface area contributed by atoms with Crippen LogP contribution in [-0.2, 0) is 28.9 Å². The quantitative estimate of drug-likeness (QED) is 0.532. The molecule has 2 fully saturated rings. The number of hydrogen-bond acceptors (Lipinski definition) is 8. The van der Waals surface area contributed by atoms with Crippen molar-refractivity contribution >= 4 is 18.2 Å². The average molecular weight is 410 g/mol. The first-order chi connectivity index (χ1) is 13.7. The molecule has 154 valence electrons. The van der Waals surface area contributed by atoms with Crippen molar-refractivity contribution in [1.29, 1.82) is 0 Å². The molecule has 11 heteroatoms. The fraction of sp³-hybridized carbons (Fsp3) is 0.706. The molecule has 1 atom stereocenters. The summed E-state index contributed by atoms with van der Waals surface area (Å²) in [6.07, 6.45) is 6.53. The summed E-state index contributed by atoms with van der Waals surface area (Å²) in [5, 5.41) is 28.5. The molecule has 0 spiro atoms. The van der Waals surface area contributed by atoms with Crippen LogP contribution in [0.1, 0.15) is 43.3 Å². The number of piperidine rings is 1. The van der Waals surface area contributed by atoms with Crippen molar-refractivity contribution in [1.82, 2.24) is 34.8 Å². The second-order valence-corrected chi connectivity index (χ2v) is 7.81. The van der Waals surface area contributed by atoms with Crippen molar-refractivity contribution in [3.8, 4) is 0 Å². The van der Waals surface area contributed by atoms with E-state index in [1.165, 1.54) is 0 Å². The van der Waals surface area contributed by atoms with E-state index in [9.17, 15) is 0 Å². The van der Waals surface area contributed by atoms with Gasteiger partial charge in [0.05, 0.1) is 18.4 Å². The first-order valence-corrected chi connectivity index (χ1v) is 10.5. The van der Waals surface area contributed by atoms with E-state index in [1.807, 2.05) is 11.6 Å². The average Bonchev–Trinajstić information content (AvgIpc) is 3.44. The van der Waals surface area contributed by atoms with Crippen molar-refractivity contribution in [3.63, 3.8) is 0 Å². The lowest BCUT2D eigenvalue weighted by Crippen LogP contribution is -2.29. The zero-order chi connectivity index (χ0) is 19.8. The summed E-state index contributed by atoms with van der Waals surface area (Å²) in [5.74, 6) is 3.30. The largest absolute Gasteiger partial charge is 0.483 e. The molecule has 0 saturated carbocycles. The smallest absolute Gasteiger partial charge is 0.290 e. The highest BCUT2D eigenvalue weighted by molar-refractivity contribution is 7.98. The molecule has 2 aromatic rings. The van der Waals surface area contributed by atoms with Gasteiger partial charge in [-0.2, -0.15) is 0 Å². The molecule has 28 heavy (non-hydrogen) atoms. The lowest BCUT2D eigenvalue weighted by molar-refractivity contribution is -0.122. The highest BCUT2D eigenvalue weighted by Gasteiger charge is 2.26. The Morgan fingerprint density at radius 1 is 1.32 bits per heavy atom. The highest BCUT2D eigenvalue weighted by atomic mass is 32.2. The Bertz CT molecular complexity index is 739. The van der Waals surface area contributed by atoms with Gasteiger partial charge in [-0.3, -0.25) is 4.79 Å². The van der Waals surface area contributed by atoms with Crippen LogP contribution >= 0.6 is 11.8 Å². The maximum atomic E-state index is 8.36. The summed E-state index contributed by atoms with van der Waals surface area (Å²) >= 11 is 1.68. The lowest BCUT2D eigenvalue weighted by atomic mass is 9.97. The van der Waals surface area contributed by atoms with Crippen molar-refractivity contribution in [3.05, 3.63) is 18.0 Å². The van der Waals surface area contributed by atoms with Crippen molar-refractivity contribution in [2.45, 2.75) is 55.2 Å². The summed E-state index contributed by atoms with van der Waals surface area (Å²) in [5.41, 5.74) is 0. The Kier molecular flexibility index (Phi) is 7.80. The second kappa shape index (κ2) is 10.5. The van der Waals surface area contributed by atoms with Crippen LogP contribution in [0.5, 0.6) is 0 Å². The topological polar surface area (TPSA) is 120 Å². The molecule has 4 heterocycles. The Morgan fingerprint density at radius 2 is 2.11 bits per heavy atom. The van der Waals surface area contributed by atoms with Gasteiger partial charge in [-0.05, 0) is 38.8 Å². The molecule has 10 nitrogen and oxygen atoms in total. The van der Waals surface area contributed by atoms with Gasteiger partial charge < -0.3 is 24.3 Å². The molecule has 1 unspecified atom stereocenters. The number of ether oxygens (including phenoxy) is 1. The van der Waals surface area contributed by atoms with E-state index < -0.39 is 0 Å². The zero-order valence-electron chi connectivity index (χ0n) is 16.0. The van der Waals surface area contributed by atoms with Gasteiger partial charge in [-0.1, -0.05) is 11.8 Å². The molecule has 4 rings (SSSR count). The third-order valence-electron chi connectivity index (χ3n) is 5.00. The molecule has 2 aliphatic heterocycles. The maximum Gasteiger partial charge on any atom is 0.290 e. The second-order valence-electron chi connectivity index (χ2n) is 6.86. The van der Waals surface area contributed by atoms with Crippen LogP contribution in [0.4, 0.5) is 0 Å². The number of rotatable bonds is 6. The SMILES string of the molecule is Cn1cnnc1CSc1nnc(C2CCNCC2)n1CC1CCCO1.O=CO.